The molecular weight excluding hydrogens is 314 g/mol. The van der Waals surface area contributed by atoms with Crippen molar-refractivity contribution in [3.63, 3.8) is 0 Å². The van der Waals surface area contributed by atoms with Gasteiger partial charge in [0.1, 0.15) is 0 Å². The molecule has 0 aromatic carbocycles. The summed E-state index contributed by atoms with van der Waals surface area (Å²) >= 11 is 3.18. The second kappa shape index (κ2) is 5.61. The molecule has 6 heteroatoms. The number of aromatic carboxylic acids is 1. The number of aromatic nitrogens is 1. The summed E-state index contributed by atoms with van der Waals surface area (Å²) in [4.78, 5) is 15.1. The zero-order valence-corrected chi connectivity index (χ0v) is 12.0. The fourth-order valence-corrected chi connectivity index (χ4v) is 2.37. The number of pyridine rings is 1. The largest absolute Gasteiger partial charge is 0.505 e. The first-order chi connectivity index (χ1) is 9.04. The lowest BCUT2D eigenvalue weighted by atomic mass is 10.1. The molecule has 102 valence electrons. The molecule has 0 amide bonds. The molecule has 2 rings (SSSR count). The van der Waals surface area contributed by atoms with Gasteiger partial charge in [0.15, 0.2) is 21.7 Å². The number of carboxylic acids is 1. The van der Waals surface area contributed by atoms with Crippen molar-refractivity contribution in [3.05, 3.63) is 22.1 Å². The molecule has 0 fully saturated rings. The topological polar surface area (TPSA) is 83.6 Å². The quantitative estimate of drug-likeness (QED) is 0.817. The Balaban J connectivity index is 2.54. The van der Waals surface area contributed by atoms with Gasteiger partial charge in [-0.1, -0.05) is 19.8 Å². The number of aryl methyl sites for hydroxylation is 1. The van der Waals surface area contributed by atoms with Crippen LogP contribution in [0.2, 0.25) is 0 Å². The molecule has 2 heterocycles. The van der Waals surface area contributed by atoms with E-state index in [9.17, 15) is 9.90 Å². The average molecular weight is 328 g/mol. The number of aromatic hydroxyl groups is 1. The Bertz CT molecular complexity index is 621. The number of halogens is 1. The van der Waals surface area contributed by atoms with E-state index in [1.54, 1.807) is 6.07 Å². The van der Waals surface area contributed by atoms with Crippen LogP contribution in [0.4, 0.5) is 0 Å². The Morgan fingerprint density at radius 3 is 2.84 bits per heavy atom. The lowest BCUT2D eigenvalue weighted by Gasteiger charge is -2.05. The normalized spacial score (nSPS) is 11.1. The molecule has 2 aromatic rings. The summed E-state index contributed by atoms with van der Waals surface area (Å²) in [5, 5.41) is 19.3. The van der Waals surface area contributed by atoms with Crippen LogP contribution in [-0.4, -0.2) is 21.2 Å². The average Bonchev–Trinajstić information content (AvgIpc) is 2.74. The lowest BCUT2D eigenvalue weighted by molar-refractivity contribution is 0.0687. The number of nitrogens with zero attached hydrogens (tertiary/aromatic N) is 1. The first-order valence-corrected chi connectivity index (χ1v) is 6.88. The van der Waals surface area contributed by atoms with E-state index in [1.165, 1.54) is 0 Å². The highest BCUT2D eigenvalue weighted by molar-refractivity contribution is 9.10. The molecule has 0 radical (unpaired) electrons. The first kappa shape index (κ1) is 13.9. The summed E-state index contributed by atoms with van der Waals surface area (Å²) < 4.78 is 5.89. The number of unbranched alkanes of at least 4 members (excludes halogenated alkanes) is 2. The standard InChI is InChI=1S/C13H14BrNO4/c1-2-3-4-5-8-12-7(6-9(14)19-12)11(16)10(15-8)13(17)18/h6,16H,2-5H2,1H3,(H,17,18). The van der Waals surface area contributed by atoms with Crippen LogP contribution in [0.1, 0.15) is 42.4 Å². The third-order valence-corrected chi connectivity index (χ3v) is 3.30. The Morgan fingerprint density at radius 2 is 2.21 bits per heavy atom. The number of fused-ring (bicyclic) bond motifs is 1. The fourth-order valence-electron chi connectivity index (χ4n) is 1.98. The molecule has 19 heavy (non-hydrogen) atoms. The molecule has 0 aliphatic carbocycles. The summed E-state index contributed by atoms with van der Waals surface area (Å²) in [7, 11) is 0. The monoisotopic (exact) mass is 327 g/mol. The molecule has 0 saturated heterocycles. The smallest absolute Gasteiger partial charge is 0.358 e. The van der Waals surface area contributed by atoms with Crippen molar-refractivity contribution in [2.75, 3.05) is 0 Å². The predicted octanol–water partition coefficient (Wildman–Crippen LogP) is 3.73. The minimum absolute atomic E-state index is 0.327. The minimum Gasteiger partial charge on any atom is -0.505 e. The van der Waals surface area contributed by atoms with Gasteiger partial charge in [0.2, 0.25) is 0 Å². The fraction of sp³-hybridized carbons (Fsp3) is 0.385. The number of furan rings is 1. The summed E-state index contributed by atoms with van der Waals surface area (Å²) in [5.74, 6) is -1.59. The third-order valence-electron chi connectivity index (χ3n) is 2.91. The second-order valence-electron chi connectivity index (χ2n) is 4.31. The van der Waals surface area contributed by atoms with E-state index in [-0.39, 0.29) is 11.4 Å². The van der Waals surface area contributed by atoms with Crippen molar-refractivity contribution >= 4 is 32.9 Å². The van der Waals surface area contributed by atoms with E-state index in [4.69, 9.17) is 9.52 Å². The summed E-state index contributed by atoms with van der Waals surface area (Å²) in [5.41, 5.74) is 0.696. The van der Waals surface area contributed by atoms with Crippen LogP contribution in [-0.2, 0) is 6.42 Å². The van der Waals surface area contributed by atoms with Crippen LogP contribution in [0.25, 0.3) is 11.0 Å². The maximum Gasteiger partial charge on any atom is 0.358 e. The maximum atomic E-state index is 11.1. The molecule has 0 unspecified atom stereocenters. The first-order valence-electron chi connectivity index (χ1n) is 6.08. The van der Waals surface area contributed by atoms with Crippen LogP contribution < -0.4 is 0 Å². The molecule has 0 aliphatic rings. The lowest BCUT2D eigenvalue weighted by Crippen LogP contribution is -2.04. The van der Waals surface area contributed by atoms with Gasteiger partial charge in [-0.15, -0.1) is 0 Å². The van der Waals surface area contributed by atoms with Gasteiger partial charge in [-0.05, 0) is 28.8 Å². The van der Waals surface area contributed by atoms with Gasteiger partial charge in [-0.2, -0.15) is 0 Å². The zero-order valence-electron chi connectivity index (χ0n) is 10.4. The summed E-state index contributed by atoms with van der Waals surface area (Å²) in [6.45, 7) is 2.09. The minimum atomic E-state index is -1.24. The molecule has 0 atom stereocenters. The van der Waals surface area contributed by atoms with Crippen LogP contribution in [0, 0.1) is 0 Å². The van der Waals surface area contributed by atoms with Crippen molar-refractivity contribution in [2.24, 2.45) is 0 Å². The van der Waals surface area contributed by atoms with Gasteiger partial charge in [-0.25, -0.2) is 9.78 Å². The Morgan fingerprint density at radius 1 is 1.47 bits per heavy atom. The highest BCUT2D eigenvalue weighted by atomic mass is 79.9. The maximum absolute atomic E-state index is 11.1. The van der Waals surface area contributed by atoms with Crippen LogP contribution in [0.5, 0.6) is 5.75 Å². The van der Waals surface area contributed by atoms with Crippen LogP contribution in [0.3, 0.4) is 0 Å². The predicted molar refractivity (Wildman–Crippen MR) is 73.6 cm³/mol. The van der Waals surface area contributed by atoms with Gasteiger partial charge in [0.05, 0.1) is 11.1 Å². The molecule has 2 N–H and O–H groups in total. The molecule has 5 nitrogen and oxygen atoms in total. The molecule has 0 saturated carbocycles. The summed E-state index contributed by atoms with van der Waals surface area (Å²) in [6, 6.07) is 1.56. The molecule has 0 spiro atoms. The molecule has 0 aliphatic heterocycles. The summed E-state index contributed by atoms with van der Waals surface area (Å²) in [6.07, 6.45) is 3.63. The molecular formula is C13H14BrNO4. The van der Waals surface area contributed by atoms with E-state index >= 15 is 0 Å². The van der Waals surface area contributed by atoms with Gasteiger partial charge in [-0.3, -0.25) is 0 Å². The van der Waals surface area contributed by atoms with E-state index in [1.807, 2.05) is 0 Å². The van der Waals surface area contributed by atoms with Gasteiger partial charge in [0.25, 0.3) is 0 Å². The van der Waals surface area contributed by atoms with Gasteiger partial charge >= 0.3 is 5.97 Å². The molecule has 0 bridgehead atoms. The number of hydrogen-bond donors (Lipinski definition) is 2. The van der Waals surface area contributed by atoms with E-state index in [0.717, 1.165) is 19.3 Å². The Kier molecular flexibility index (Phi) is 4.09. The number of carboxylic acid groups (broad SMARTS) is 1. The zero-order chi connectivity index (χ0) is 14.0. The third kappa shape index (κ3) is 2.73. The van der Waals surface area contributed by atoms with Gasteiger partial charge < -0.3 is 14.6 Å². The van der Waals surface area contributed by atoms with E-state index in [0.29, 0.717) is 27.8 Å². The number of carbonyl (C=O) groups is 1. The number of hydrogen-bond acceptors (Lipinski definition) is 4. The highest BCUT2D eigenvalue weighted by Gasteiger charge is 2.21. The van der Waals surface area contributed by atoms with Crippen molar-refractivity contribution in [1.29, 1.82) is 0 Å². The van der Waals surface area contributed by atoms with E-state index in [2.05, 4.69) is 27.8 Å². The van der Waals surface area contributed by atoms with Crippen molar-refractivity contribution in [2.45, 2.75) is 32.6 Å². The van der Waals surface area contributed by atoms with E-state index < -0.39 is 5.97 Å². The van der Waals surface area contributed by atoms with Gasteiger partial charge in [0, 0.05) is 6.07 Å². The van der Waals surface area contributed by atoms with Crippen LogP contribution >= 0.6 is 15.9 Å². The Labute approximate surface area is 118 Å². The highest BCUT2D eigenvalue weighted by Crippen LogP contribution is 2.34. The van der Waals surface area contributed by atoms with Crippen molar-refractivity contribution in [3.8, 4) is 5.75 Å². The van der Waals surface area contributed by atoms with Crippen LogP contribution in [0.15, 0.2) is 15.2 Å². The Hall–Kier alpha value is -1.56. The second-order valence-corrected chi connectivity index (χ2v) is 5.09. The molecule has 2 aromatic heterocycles. The SMILES string of the molecule is CCCCCc1nc(C(=O)O)c(O)c2cc(Br)oc12. The number of rotatable bonds is 5. The van der Waals surface area contributed by atoms with Crippen molar-refractivity contribution in [1.82, 2.24) is 4.98 Å². The van der Waals surface area contributed by atoms with Crippen molar-refractivity contribution < 1.29 is 19.4 Å².